The van der Waals surface area contributed by atoms with Crippen LogP contribution < -0.4 is 4.72 Å². The van der Waals surface area contributed by atoms with Gasteiger partial charge in [0.25, 0.3) is 10.0 Å². The predicted octanol–water partition coefficient (Wildman–Crippen LogP) is 1.60. The van der Waals surface area contributed by atoms with Gasteiger partial charge < -0.3 is 0 Å². The Bertz CT molecular complexity index is 463. The molecule has 0 saturated heterocycles. The van der Waals surface area contributed by atoms with E-state index in [9.17, 15) is 13.2 Å². The number of rotatable bonds is 4. The Morgan fingerprint density at radius 2 is 1.81 bits per heavy atom. The lowest BCUT2D eigenvalue weighted by atomic mass is 10.2. The summed E-state index contributed by atoms with van der Waals surface area (Å²) in [6, 6.07) is 6.35. The molecule has 88 valence electrons. The number of benzene rings is 1. The van der Waals surface area contributed by atoms with Crippen molar-refractivity contribution >= 4 is 15.9 Å². The zero-order valence-corrected chi connectivity index (χ0v) is 10.2. The van der Waals surface area contributed by atoms with Gasteiger partial charge in [-0.05, 0) is 25.5 Å². The lowest BCUT2D eigenvalue weighted by Gasteiger charge is -2.06. The molecule has 1 rings (SSSR count). The molecule has 1 aromatic carbocycles. The highest BCUT2D eigenvalue weighted by molar-refractivity contribution is 7.90. The Kier molecular flexibility index (Phi) is 4.06. The van der Waals surface area contributed by atoms with E-state index in [1.807, 2.05) is 18.6 Å². The molecule has 0 unspecified atom stereocenters. The van der Waals surface area contributed by atoms with Crippen LogP contribution in [0.15, 0.2) is 29.2 Å². The van der Waals surface area contributed by atoms with E-state index in [0.717, 1.165) is 5.56 Å². The summed E-state index contributed by atoms with van der Waals surface area (Å²) in [5, 5.41) is 0. The van der Waals surface area contributed by atoms with Crippen LogP contribution in [-0.4, -0.2) is 14.3 Å². The smallest absolute Gasteiger partial charge is 0.264 e. The van der Waals surface area contributed by atoms with Crippen molar-refractivity contribution < 1.29 is 13.2 Å². The molecule has 0 aromatic heterocycles. The van der Waals surface area contributed by atoms with Gasteiger partial charge in [0, 0.05) is 6.42 Å². The highest BCUT2D eigenvalue weighted by Gasteiger charge is 2.16. The number of amides is 1. The molecule has 1 N–H and O–H groups in total. The molecular weight excluding hydrogens is 226 g/mol. The van der Waals surface area contributed by atoms with Crippen LogP contribution in [0.2, 0.25) is 0 Å². The summed E-state index contributed by atoms with van der Waals surface area (Å²) in [6.45, 7) is 3.68. The number of hydrogen-bond donors (Lipinski definition) is 1. The van der Waals surface area contributed by atoms with E-state index in [1.165, 1.54) is 12.1 Å². The monoisotopic (exact) mass is 241 g/mol. The Morgan fingerprint density at radius 1 is 1.25 bits per heavy atom. The Morgan fingerprint density at radius 3 is 2.31 bits per heavy atom. The lowest BCUT2D eigenvalue weighted by Crippen LogP contribution is -2.30. The van der Waals surface area contributed by atoms with E-state index in [0.29, 0.717) is 6.42 Å². The molecule has 0 radical (unpaired) electrons. The molecule has 4 nitrogen and oxygen atoms in total. The largest absolute Gasteiger partial charge is 0.274 e. The maximum atomic E-state index is 11.7. The molecule has 0 aliphatic heterocycles. The van der Waals surface area contributed by atoms with Crippen molar-refractivity contribution in [1.82, 2.24) is 4.72 Å². The standard InChI is InChI=1S/C11H15NO3S/c1-3-4-11(13)12-16(14,15)10-7-5-9(2)6-8-10/h5-8H,3-4H2,1-2H3,(H,12,13). The van der Waals surface area contributed by atoms with Crippen LogP contribution >= 0.6 is 0 Å². The molecule has 0 saturated carbocycles. The second-order valence-corrected chi connectivity index (χ2v) is 5.27. The molecule has 0 bridgehead atoms. The van der Waals surface area contributed by atoms with E-state index < -0.39 is 15.9 Å². The second-order valence-electron chi connectivity index (χ2n) is 3.59. The third kappa shape index (κ3) is 3.34. The Balaban J connectivity index is 2.86. The SMILES string of the molecule is CCCC(=O)NS(=O)(=O)c1ccc(C)cc1. The van der Waals surface area contributed by atoms with Crippen molar-refractivity contribution in [2.45, 2.75) is 31.6 Å². The van der Waals surface area contributed by atoms with Crippen LogP contribution in [0.5, 0.6) is 0 Å². The molecule has 0 atom stereocenters. The van der Waals surface area contributed by atoms with Crippen LogP contribution in [0.25, 0.3) is 0 Å². The summed E-state index contributed by atoms with van der Waals surface area (Å²) >= 11 is 0. The summed E-state index contributed by atoms with van der Waals surface area (Å²) < 4.78 is 25.4. The van der Waals surface area contributed by atoms with Gasteiger partial charge >= 0.3 is 0 Å². The van der Waals surface area contributed by atoms with Gasteiger partial charge in [0.2, 0.25) is 5.91 Å². The average molecular weight is 241 g/mol. The number of sulfonamides is 1. The number of aryl methyl sites for hydroxylation is 1. The van der Waals surface area contributed by atoms with E-state index in [1.54, 1.807) is 12.1 Å². The molecule has 16 heavy (non-hydrogen) atoms. The van der Waals surface area contributed by atoms with Crippen LogP contribution in [0.1, 0.15) is 25.3 Å². The van der Waals surface area contributed by atoms with Crippen molar-refractivity contribution in [2.75, 3.05) is 0 Å². The summed E-state index contributed by atoms with van der Waals surface area (Å²) in [4.78, 5) is 11.3. The highest BCUT2D eigenvalue weighted by Crippen LogP contribution is 2.09. The Labute approximate surface area is 95.7 Å². The van der Waals surface area contributed by atoms with Crippen LogP contribution in [0.3, 0.4) is 0 Å². The Hall–Kier alpha value is -1.36. The summed E-state index contributed by atoms with van der Waals surface area (Å²) in [6.07, 6.45) is 0.834. The quantitative estimate of drug-likeness (QED) is 0.870. The van der Waals surface area contributed by atoms with Gasteiger partial charge in [0.15, 0.2) is 0 Å². The van der Waals surface area contributed by atoms with Crippen molar-refractivity contribution in [3.63, 3.8) is 0 Å². The van der Waals surface area contributed by atoms with Crippen molar-refractivity contribution in [2.24, 2.45) is 0 Å². The highest BCUT2D eigenvalue weighted by atomic mass is 32.2. The summed E-state index contributed by atoms with van der Waals surface area (Å²) in [5.74, 6) is -0.469. The van der Waals surface area contributed by atoms with Gasteiger partial charge in [0.1, 0.15) is 0 Å². The fourth-order valence-corrected chi connectivity index (χ4v) is 2.22. The molecule has 1 aromatic rings. The topological polar surface area (TPSA) is 63.2 Å². The minimum Gasteiger partial charge on any atom is -0.274 e. The van der Waals surface area contributed by atoms with Crippen LogP contribution in [0, 0.1) is 6.92 Å². The third-order valence-electron chi connectivity index (χ3n) is 2.06. The fourth-order valence-electron chi connectivity index (χ4n) is 1.20. The third-order valence-corrected chi connectivity index (χ3v) is 3.45. The first kappa shape index (κ1) is 12.7. The van der Waals surface area contributed by atoms with Crippen molar-refractivity contribution in [3.8, 4) is 0 Å². The normalized spacial score (nSPS) is 11.1. The minimum absolute atomic E-state index is 0.113. The van der Waals surface area contributed by atoms with Crippen LogP contribution in [0.4, 0.5) is 0 Å². The summed E-state index contributed by atoms with van der Waals surface area (Å²) in [5.41, 5.74) is 0.971. The number of hydrogen-bond acceptors (Lipinski definition) is 3. The zero-order valence-electron chi connectivity index (χ0n) is 9.36. The lowest BCUT2D eigenvalue weighted by molar-refractivity contribution is -0.119. The maximum absolute atomic E-state index is 11.7. The molecule has 5 heteroatoms. The molecule has 0 spiro atoms. The summed E-state index contributed by atoms with van der Waals surface area (Å²) in [7, 11) is -3.70. The molecular formula is C11H15NO3S. The van der Waals surface area contributed by atoms with Gasteiger partial charge in [-0.3, -0.25) is 4.79 Å². The van der Waals surface area contributed by atoms with Gasteiger partial charge in [0.05, 0.1) is 4.90 Å². The van der Waals surface area contributed by atoms with E-state index >= 15 is 0 Å². The number of nitrogens with one attached hydrogen (secondary N) is 1. The average Bonchev–Trinajstić information content (AvgIpc) is 2.17. The first-order valence-corrected chi connectivity index (χ1v) is 6.56. The predicted molar refractivity (Wildman–Crippen MR) is 61.4 cm³/mol. The van der Waals surface area contributed by atoms with E-state index in [4.69, 9.17) is 0 Å². The molecule has 0 fully saturated rings. The number of carbonyl (C=O) groups is 1. The van der Waals surface area contributed by atoms with Gasteiger partial charge in [-0.2, -0.15) is 0 Å². The zero-order chi connectivity index (χ0) is 12.2. The molecule has 0 heterocycles. The molecule has 0 aliphatic rings. The van der Waals surface area contributed by atoms with E-state index in [-0.39, 0.29) is 11.3 Å². The maximum Gasteiger partial charge on any atom is 0.264 e. The van der Waals surface area contributed by atoms with Crippen LogP contribution in [-0.2, 0) is 14.8 Å². The van der Waals surface area contributed by atoms with Gasteiger partial charge in [-0.25, -0.2) is 13.1 Å². The first-order valence-electron chi connectivity index (χ1n) is 5.08. The van der Waals surface area contributed by atoms with Crippen molar-refractivity contribution in [1.29, 1.82) is 0 Å². The minimum atomic E-state index is -3.70. The van der Waals surface area contributed by atoms with Crippen molar-refractivity contribution in [3.05, 3.63) is 29.8 Å². The van der Waals surface area contributed by atoms with Gasteiger partial charge in [-0.15, -0.1) is 0 Å². The molecule has 1 amide bonds. The fraction of sp³-hybridized carbons (Fsp3) is 0.364. The number of carbonyl (C=O) groups excluding carboxylic acids is 1. The first-order chi connectivity index (χ1) is 7.45. The van der Waals surface area contributed by atoms with E-state index in [2.05, 4.69) is 0 Å². The molecule has 0 aliphatic carbocycles. The van der Waals surface area contributed by atoms with Gasteiger partial charge in [-0.1, -0.05) is 24.6 Å². The second kappa shape index (κ2) is 5.12.